The summed E-state index contributed by atoms with van der Waals surface area (Å²) in [6.07, 6.45) is 1.77. The van der Waals surface area contributed by atoms with Gasteiger partial charge in [-0.15, -0.1) is 0 Å². The molecule has 0 spiro atoms. The van der Waals surface area contributed by atoms with Crippen LogP contribution in [0.4, 0.5) is 4.39 Å². The standard InChI is InChI=1S/C13H15BrFN3/c1-8(2)10-5-6-18(17-10)11-4-3-9(7-16)12(14)13(11)15/h3-6,8H,7,16H2,1-2H3. The first-order chi connectivity index (χ1) is 8.54. The van der Waals surface area contributed by atoms with Gasteiger partial charge < -0.3 is 5.73 Å². The minimum absolute atomic E-state index is 0.300. The lowest BCUT2D eigenvalue weighted by Crippen LogP contribution is -2.04. The van der Waals surface area contributed by atoms with Crippen molar-refractivity contribution in [2.24, 2.45) is 5.73 Å². The molecule has 0 amide bonds. The number of nitrogens with zero attached hydrogens (tertiary/aromatic N) is 2. The van der Waals surface area contributed by atoms with Crippen LogP contribution in [-0.2, 0) is 6.54 Å². The van der Waals surface area contributed by atoms with Crippen molar-refractivity contribution in [3.05, 3.63) is 45.9 Å². The van der Waals surface area contributed by atoms with Gasteiger partial charge in [0.1, 0.15) is 5.69 Å². The molecule has 0 fully saturated rings. The van der Waals surface area contributed by atoms with Crippen LogP contribution in [0.25, 0.3) is 5.69 Å². The highest BCUT2D eigenvalue weighted by Crippen LogP contribution is 2.26. The first-order valence-electron chi connectivity index (χ1n) is 5.77. The van der Waals surface area contributed by atoms with Crippen molar-refractivity contribution in [2.75, 3.05) is 0 Å². The van der Waals surface area contributed by atoms with Gasteiger partial charge in [0.2, 0.25) is 0 Å². The molecule has 0 unspecified atom stereocenters. The predicted molar refractivity (Wildman–Crippen MR) is 73.2 cm³/mol. The van der Waals surface area contributed by atoms with Crippen LogP contribution in [0.3, 0.4) is 0 Å². The Labute approximate surface area is 114 Å². The third-order valence-corrected chi connectivity index (χ3v) is 3.67. The number of rotatable bonds is 3. The van der Waals surface area contributed by atoms with E-state index in [1.54, 1.807) is 23.0 Å². The van der Waals surface area contributed by atoms with Gasteiger partial charge in [-0.05, 0) is 39.5 Å². The van der Waals surface area contributed by atoms with E-state index in [4.69, 9.17) is 5.73 Å². The van der Waals surface area contributed by atoms with Crippen molar-refractivity contribution < 1.29 is 4.39 Å². The first-order valence-corrected chi connectivity index (χ1v) is 6.56. The fourth-order valence-electron chi connectivity index (χ4n) is 1.69. The monoisotopic (exact) mass is 311 g/mol. The molecule has 0 saturated heterocycles. The molecule has 0 saturated carbocycles. The summed E-state index contributed by atoms with van der Waals surface area (Å²) in [5.74, 6) is -0.0163. The van der Waals surface area contributed by atoms with Crippen molar-refractivity contribution in [1.29, 1.82) is 0 Å². The van der Waals surface area contributed by atoms with E-state index in [1.165, 1.54) is 0 Å². The topological polar surface area (TPSA) is 43.8 Å². The van der Waals surface area contributed by atoms with Gasteiger partial charge in [0.25, 0.3) is 0 Å². The van der Waals surface area contributed by atoms with Crippen LogP contribution in [0.5, 0.6) is 0 Å². The Kier molecular flexibility index (Phi) is 3.82. The van der Waals surface area contributed by atoms with Gasteiger partial charge in [-0.1, -0.05) is 19.9 Å². The van der Waals surface area contributed by atoms with E-state index in [2.05, 4.69) is 34.9 Å². The zero-order chi connectivity index (χ0) is 13.3. The van der Waals surface area contributed by atoms with Crippen LogP contribution in [0, 0.1) is 5.82 Å². The fourth-order valence-corrected chi connectivity index (χ4v) is 2.19. The maximum atomic E-state index is 14.2. The molecule has 18 heavy (non-hydrogen) atoms. The second-order valence-corrected chi connectivity index (χ2v) is 5.21. The highest BCUT2D eigenvalue weighted by Gasteiger charge is 2.13. The molecular formula is C13H15BrFN3. The van der Waals surface area contributed by atoms with E-state index >= 15 is 0 Å². The lowest BCUT2D eigenvalue weighted by atomic mass is 10.1. The van der Waals surface area contributed by atoms with Crippen molar-refractivity contribution in [1.82, 2.24) is 9.78 Å². The van der Waals surface area contributed by atoms with Crippen LogP contribution in [0.15, 0.2) is 28.9 Å². The minimum Gasteiger partial charge on any atom is -0.326 e. The molecule has 0 bridgehead atoms. The number of hydrogen-bond acceptors (Lipinski definition) is 2. The molecule has 1 aromatic carbocycles. The normalized spacial score (nSPS) is 11.2. The Morgan fingerprint density at radius 2 is 2.11 bits per heavy atom. The molecule has 3 nitrogen and oxygen atoms in total. The molecule has 96 valence electrons. The van der Waals surface area contributed by atoms with E-state index < -0.39 is 0 Å². The summed E-state index contributed by atoms with van der Waals surface area (Å²) in [4.78, 5) is 0. The van der Waals surface area contributed by atoms with Crippen molar-refractivity contribution in [3.8, 4) is 5.69 Å². The van der Waals surface area contributed by atoms with Crippen molar-refractivity contribution >= 4 is 15.9 Å². The Morgan fingerprint density at radius 1 is 1.39 bits per heavy atom. The molecule has 0 radical (unpaired) electrons. The zero-order valence-electron chi connectivity index (χ0n) is 10.3. The lowest BCUT2D eigenvalue weighted by Gasteiger charge is -2.08. The molecule has 0 atom stereocenters. The van der Waals surface area contributed by atoms with Crippen LogP contribution in [0.2, 0.25) is 0 Å². The van der Waals surface area contributed by atoms with E-state index in [9.17, 15) is 4.39 Å². The maximum Gasteiger partial charge on any atom is 0.163 e. The molecule has 1 heterocycles. The predicted octanol–water partition coefficient (Wildman–Crippen LogP) is 3.36. The van der Waals surface area contributed by atoms with Gasteiger partial charge in [0.15, 0.2) is 5.82 Å². The maximum absolute atomic E-state index is 14.2. The number of nitrogens with two attached hydrogens (primary N) is 1. The molecule has 2 N–H and O–H groups in total. The number of hydrogen-bond donors (Lipinski definition) is 1. The van der Waals surface area contributed by atoms with Crippen molar-refractivity contribution in [3.63, 3.8) is 0 Å². The molecule has 1 aromatic heterocycles. The van der Waals surface area contributed by atoms with Crippen LogP contribution in [0.1, 0.15) is 31.0 Å². The summed E-state index contributed by atoms with van der Waals surface area (Å²) in [6, 6.07) is 5.40. The molecule has 0 aliphatic heterocycles. The molecule has 0 aliphatic rings. The molecule has 5 heteroatoms. The Morgan fingerprint density at radius 3 is 2.67 bits per heavy atom. The zero-order valence-corrected chi connectivity index (χ0v) is 11.9. The smallest absolute Gasteiger partial charge is 0.163 e. The average Bonchev–Trinajstić information content (AvgIpc) is 2.82. The third kappa shape index (κ3) is 2.33. The average molecular weight is 312 g/mol. The van der Waals surface area contributed by atoms with Gasteiger partial charge in [0, 0.05) is 12.7 Å². The van der Waals surface area contributed by atoms with Gasteiger partial charge in [-0.2, -0.15) is 5.10 Å². The Balaban J connectivity index is 2.47. The van der Waals surface area contributed by atoms with E-state index in [1.807, 2.05) is 6.07 Å². The van der Waals surface area contributed by atoms with Gasteiger partial charge in [-0.3, -0.25) is 0 Å². The van der Waals surface area contributed by atoms with Crippen LogP contribution < -0.4 is 5.73 Å². The summed E-state index contributed by atoms with van der Waals surface area (Å²) in [5.41, 5.74) is 7.64. The van der Waals surface area contributed by atoms with E-state index in [0.29, 0.717) is 22.6 Å². The van der Waals surface area contributed by atoms with Gasteiger partial charge in [-0.25, -0.2) is 9.07 Å². The number of benzene rings is 1. The summed E-state index contributed by atoms with van der Waals surface area (Å²) >= 11 is 3.23. The highest BCUT2D eigenvalue weighted by molar-refractivity contribution is 9.10. The fraction of sp³-hybridized carbons (Fsp3) is 0.308. The quantitative estimate of drug-likeness (QED) is 0.944. The van der Waals surface area contributed by atoms with Crippen LogP contribution in [-0.4, -0.2) is 9.78 Å². The second-order valence-electron chi connectivity index (χ2n) is 4.42. The lowest BCUT2D eigenvalue weighted by molar-refractivity contribution is 0.599. The molecule has 0 aliphatic carbocycles. The van der Waals surface area contributed by atoms with Crippen LogP contribution >= 0.6 is 15.9 Å². The Bertz CT molecular complexity index is 563. The summed E-state index contributed by atoms with van der Waals surface area (Å²) < 4.78 is 16.1. The van der Waals surface area contributed by atoms with Crippen molar-refractivity contribution in [2.45, 2.75) is 26.3 Å². The second kappa shape index (κ2) is 5.20. The molecule has 2 aromatic rings. The van der Waals surface area contributed by atoms with E-state index in [0.717, 1.165) is 11.3 Å². The largest absolute Gasteiger partial charge is 0.326 e. The number of halogens is 2. The Hall–Kier alpha value is -1.20. The summed E-state index contributed by atoms with van der Waals surface area (Å²) in [6.45, 7) is 4.40. The minimum atomic E-state index is -0.337. The summed E-state index contributed by atoms with van der Waals surface area (Å²) in [7, 11) is 0. The SMILES string of the molecule is CC(C)c1ccn(-c2ccc(CN)c(Br)c2F)n1. The molecular weight excluding hydrogens is 297 g/mol. The van der Waals surface area contributed by atoms with E-state index in [-0.39, 0.29) is 5.82 Å². The summed E-state index contributed by atoms with van der Waals surface area (Å²) in [5, 5.41) is 4.36. The molecule has 2 rings (SSSR count). The first kappa shape index (κ1) is 13.2. The van der Waals surface area contributed by atoms with Gasteiger partial charge in [0.05, 0.1) is 10.2 Å². The highest BCUT2D eigenvalue weighted by atomic mass is 79.9. The third-order valence-electron chi connectivity index (χ3n) is 2.81. The number of aromatic nitrogens is 2. The van der Waals surface area contributed by atoms with Gasteiger partial charge >= 0.3 is 0 Å².